The van der Waals surface area contributed by atoms with Crippen molar-refractivity contribution in [3.63, 3.8) is 0 Å². The lowest BCUT2D eigenvalue weighted by molar-refractivity contribution is -0.384. The van der Waals surface area contributed by atoms with Crippen molar-refractivity contribution >= 4 is 22.8 Å². The maximum absolute atomic E-state index is 10.7. The second-order valence-corrected chi connectivity index (χ2v) is 5.21. The summed E-state index contributed by atoms with van der Waals surface area (Å²) in [4.78, 5) is 15.5. The highest BCUT2D eigenvalue weighted by atomic mass is 32.1. The van der Waals surface area contributed by atoms with Crippen LogP contribution >= 0.6 is 11.3 Å². The molecular formula is C10H13N5O2S. The molecule has 0 saturated carbocycles. The van der Waals surface area contributed by atoms with Gasteiger partial charge in [0.1, 0.15) is 6.20 Å². The normalized spacial score (nSPS) is 12.6. The molecular weight excluding hydrogens is 254 g/mol. The topological polar surface area (TPSA) is 99.9 Å². The van der Waals surface area contributed by atoms with Crippen LogP contribution in [-0.4, -0.2) is 19.7 Å². The summed E-state index contributed by atoms with van der Waals surface area (Å²) in [7, 11) is 0. The fraction of sp³-hybridized carbons (Fsp3) is 0.400. The van der Waals surface area contributed by atoms with Gasteiger partial charge < -0.3 is 5.73 Å². The average molecular weight is 267 g/mol. The number of aromatic nitrogens is 3. The Hall–Kier alpha value is -1.96. The van der Waals surface area contributed by atoms with Crippen LogP contribution in [0.5, 0.6) is 0 Å². The minimum Gasteiger partial charge on any atom is -0.378 e. The fourth-order valence-corrected chi connectivity index (χ4v) is 2.82. The maximum Gasteiger partial charge on any atom is 0.330 e. The van der Waals surface area contributed by atoms with Gasteiger partial charge in [-0.1, -0.05) is 0 Å². The zero-order valence-electron chi connectivity index (χ0n) is 10.2. The van der Waals surface area contributed by atoms with E-state index in [1.807, 2.05) is 20.8 Å². The van der Waals surface area contributed by atoms with E-state index in [2.05, 4.69) is 10.1 Å². The molecule has 0 aromatic carbocycles. The molecule has 2 aromatic rings. The van der Waals surface area contributed by atoms with Gasteiger partial charge in [0.2, 0.25) is 5.82 Å². The smallest absolute Gasteiger partial charge is 0.330 e. The summed E-state index contributed by atoms with van der Waals surface area (Å²) >= 11 is 1.55. The Morgan fingerprint density at radius 1 is 1.56 bits per heavy atom. The Morgan fingerprint density at radius 3 is 2.67 bits per heavy atom. The van der Waals surface area contributed by atoms with E-state index in [9.17, 15) is 10.1 Å². The van der Waals surface area contributed by atoms with Gasteiger partial charge in [0, 0.05) is 0 Å². The lowest BCUT2D eigenvalue weighted by atomic mass is 10.2. The zero-order chi connectivity index (χ0) is 13.4. The molecule has 0 aliphatic carbocycles. The van der Waals surface area contributed by atoms with Crippen LogP contribution in [0.2, 0.25) is 0 Å². The van der Waals surface area contributed by atoms with Crippen molar-refractivity contribution in [3.05, 3.63) is 31.9 Å². The summed E-state index contributed by atoms with van der Waals surface area (Å²) in [5, 5.41) is 15.7. The standard InChI is InChI=1S/C10H13N5O2S/c1-5-9(18-7(3)13-5)6(2)14-10(11)8(4-12-14)15(16)17/h4,6H,11H2,1-3H3. The molecule has 96 valence electrons. The van der Waals surface area contributed by atoms with E-state index in [1.165, 1.54) is 10.9 Å². The summed E-state index contributed by atoms with van der Waals surface area (Å²) in [6.07, 6.45) is 1.18. The van der Waals surface area contributed by atoms with Crippen molar-refractivity contribution in [1.82, 2.24) is 14.8 Å². The van der Waals surface area contributed by atoms with E-state index in [0.717, 1.165) is 15.6 Å². The molecule has 1 atom stereocenters. The number of hydrogen-bond donors (Lipinski definition) is 1. The molecule has 0 bridgehead atoms. The molecule has 2 rings (SSSR count). The van der Waals surface area contributed by atoms with Gasteiger partial charge in [-0.15, -0.1) is 11.3 Å². The van der Waals surface area contributed by atoms with Crippen LogP contribution in [0.1, 0.15) is 28.5 Å². The number of hydrogen-bond acceptors (Lipinski definition) is 6. The van der Waals surface area contributed by atoms with Gasteiger partial charge >= 0.3 is 5.69 Å². The number of anilines is 1. The lowest BCUT2D eigenvalue weighted by Crippen LogP contribution is -2.11. The van der Waals surface area contributed by atoms with Crippen LogP contribution in [-0.2, 0) is 0 Å². The predicted molar refractivity (Wildman–Crippen MR) is 68.7 cm³/mol. The highest BCUT2D eigenvalue weighted by Crippen LogP contribution is 2.31. The summed E-state index contributed by atoms with van der Waals surface area (Å²) in [6, 6.07) is -0.162. The van der Waals surface area contributed by atoms with Gasteiger partial charge in [0.05, 0.1) is 26.5 Å². The van der Waals surface area contributed by atoms with Crippen molar-refractivity contribution < 1.29 is 4.92 Å². The Morgan fingerprint density at radius 2 is 2.22 bits per heavy atom. The van der Waals surface area contributed by atoms with Gasteiger partial charge in [-0.05, 0) is 20.8 Å². The third-order valence-corrected chi connectivity index (χ3v) is 3.94. The molecule has 2 aromatic heterocycles. The van der Waals surface area contributed by atoms with Crippen LogP contribution in [0, 0.1) is 24.0 Å². The van der Waals surface area contributed by atoms with E-state index in [0.29, 0.717) is 0 Å². The van der Waals surface area contributed by atoms with Crippen LogP contribution in [0.3, 0.4) is 0 Å². The molecule has 0 radical (unpaired) electrons. The van der Waals surface area contributed by atoms with Crippen molar-refractivity contribution in [3.8, 4) is 0 Å². The van der Waals surface area contributed by atoms with Gasteiger partial charge in [-0.2, -0.15) is 5.10 Å². The number of nitrogens with zero attached hydrogens (tertiary/aromatic N) is 4. The summed E-state index contributed by atoms with van der Waals surface area (Å²) in [6.45, 7) is 5.72. The molecule has 2 heterocycles. The minimum absolute atomic E-state index is 0.0675. The Balaban J connectivity index is 2.43. The minimum atomic E-state index is -0.531. The molecule has 0 aliphatic rings. The van der Waals surface area contributed by atoms with Crippen LogP contribution in [0.25, 0.3) is 0 Å². The summed E-state index contributed by atoms with van der Waals surface area (Å²) in [5.74, 6) is 0.0675. The molecule has 0 spiro atoms. The monoisotopic (exact) mass is 267 g/mol. The summed E-state index contributed by atoms with van der Waals surface area (Å²) < 4.78 is 1.46. The molecule has 18 heavy (non-hydrogen) atoms. The van der Waals surface area contributed by atoms with E-state index >= 15 is 0 Å². The first-order valence-electron chi connectivity index (χ1n) is 5.33. The third-order valence-electron chi connectivity index (χ3n) is 2.70. The number of nitrogen functional groups attached to an aromatic ring is 1. The van der Waals surface area contributed by atoms with E-state index in [1.54, 1.807) is 11.3 Å². The maximum atomic E-state index is 10.7. The van der Waals surface area contributed by atoms with Crippen molar-refractivity contribution in [1.29, 1.82) is 0 Å². The predicted octanol–water partition coefficient (Wildman–Crippen LogP) is 2.06. The van der Waals surface area contributed by atoms with E-state index in [4.69, 9.17) is 5.73 Å². The number of thiazole rings is 1. The quantitative estimate of drug-likeness (QED) is 0.677. The van der Waals surface area contributed by atoms with Crippen LogP contribution in [0.4, 0.5) is 11.5 Å². The zero-order valence-corrected chi connectivity index (χ0v) is 11.1. The van der Waals surface area contributed by atoms with Gasteiger partial charge in [-0.3, -0.25) is 10.1 Å². The molecule has 2 N–H and O–H groups in total. The molecule has 7 nitrogen and oxygen atoms in total. The second kappa shape index (κ2) is 4.37. The van der Waals surface area contributed by atoms with E-state index < -0.39 is 4.92 Å². The highest BCUT2D eigenvalue weighted by Gasteiger charge is 2.23. The number of nitro groups is 1. The first-order chi connectivity index (χ1) is 8.41. The first kappa shape index (κ1) is 12.5. The highest BCUT2D eigenvalue weighted by molar-refractivity contribution is 7.11. The first-order valence-corrected chi connectivity index (χ1v) is 6.14. The molecule has 1 unspecified atom stereocenters. The van der Waals surface area contributed by atoms with Crippen molar-refractivity contribution in [2.24, 2.45) is 0 Å². The molecule has 0 saturated heterocycles. The lowest BCUT2D eigenvalue weighted by Gasteiger charge is -2.11. The van der Waals surface area contributed by atoms with Crippen molar-refractivity contribution in [2.45, 2.75) is 26.8 Å². The van der Waals surface area contributed by atoms with Gasteiger partial charge in [0.25, 0.3) is 0 Å². The molecule has 0 aliphatic heterocycles. The Labute approximate surface area is 107 Å². The van der Waals surface area contributed by atoms with Gasteiger partial charge in [0.15, 0.2) is 0 Å². The SMILES string of the molecule is Cc1nc(C)c(C(C)n2ncc([N+](=O)[O-])c2N)s1. The summed E-state index contributed by atoms with van der Waals surface area (Å²) in [5.41, 5.74) is 6.48. The van der Waals surface area contributed by atoms with Gasteiger partial charge in [-0.25, -0.2) is 9.67 Å². The van der Waals surface area contributed by atoms with Crippen molar-refractivity contribution in [2.75, 3.05) is 5.73 Å². The number of rotatable bonds is 3. The van der Waals surface area contributed by atoms with Crippen LogP contribution < -0.4 is 5.73 Å². The largest absolute Gasteiger partial charge is 0.378 e. The van der Waals surface area contributed by atoms with Crippen LogP contribution in [0.15, 0.2) is 6.20 Å². The molecule has 0 fully saturated rings. The second-order valence-electron chi connectivity index (χ2n) is 3.98. The Kier molecular flexibility index (Phi) is 3.04. The third kappa shape index (κ3) is 1.94. The fourth-order valence-electron chi connectivity index (χ4n) is 1.86. The average Bonchev–Trinajstić information content (AvgIpc) is 2.81. The Bertz CT molecular complexity index is 603. The molecule has 0 amide bonds. The number of nitrogens with two attached hydrogens (primary N) is 1. The number of aryl methyl sites for hydroxylation is 2. The van der Waals surface area contributed by atoms with E-state index in [-0.39, 0.29) is 17.5 Å². The molecule has 8 heteroatoms.